The largest absolute Gasteiger partial charge is 0.306 e. The molecule has 0 atom stereocenters. The molecule has 0 saturated heterocycles. The van der Waals surface area contributed by atoms with Gasteiger partial charge in [-0.1, -0.05) is 31.5 Å². The Bertz CT molecular complexity index is 356. The lowest BCUT2D eigenvalue weighted by atomic mass is 9.95. The minimum atomic E-state index is -0.379. The van der Waals surface area contributed by atoms with Crippen LogP contribution in [0.25, 0.3) is 0 Å². The van der Waals surface area contributed by atoms with Crippen LogP contribution in [0.2, 0.25) is 5.02 Å². The molecule has 1 rings (SSSR count). The van der Waals surface area contributed by atoms with Gasteiger partial charge in [0.05, 0.1) is 5.02 Å². The molecule has 1 N–H and O–H groups in total. The van der Waals surface area contributed by atoms with E-state index in [0.717, 1.165) is 18.4 Å². The van der Waals surface area contributed by atoms with Crippen molar-refractivity contribution in [1.29, 1.82) is 0 Å². The number of benzene rings is 1. The molecule has 0 heterocycles. The number of hydrogen-bond donors (Lipinski definition) is 1. The molecule has 0 aliphatic carbocycles. The fourth-order valence-corrected chi connectivity index (χ4v) is 2.27. The van der Waals surface area contributed by atoms with Crippen molar-refractivity contribution in [2.45, 2.75) is 38.8 Å². The molecule has 0 bridgehead atoms. The first kappa shape index (κ1) is 14.7. The third-order valence-electron chi connectivity index (χ3n) is 3.26. The minimum absolute atomic E-state index is 0.0718. The van der Waals surface area contributed by atoms with Gasteiger partial charge in [0.25, 0.3) is 0 Å². The highest BCUT2D eigenvalue weighted by atomic mass is 35.5. The van der Waals surface area contributed by atoms with Crippen molar-refractivity contribution >= 4 is 23.2 Å². The highest BCUT2D eigenvalue weighted by molar-refractivity contribution is 6.30. The topological polar surface area (TPSA) is 12.0 Å². The third-order valence-corrected chi connectivity index (χ3v) is 4.08. The highest BCUT2D eigenvalue weighted by Gasteiger charge is 2.23. The lowest BCUT2D eigenvalue weighted by Gasteiger charge is -2.31. The van der Waals surface area contributed by atoms with E-state index in [1.165, 1.54) is 6.07 Å². The summed E-state index contributed by atoms with van der Waals surface area (Å²) in [5.74, 6) is 0.172. The molecule has 0 spiro atoms. The van der Waals surface area contributed by atoms with Gasteiger partial charge >= 0.3 is 0 Å². The van der Waals surface area contributed by atoms with Crippen molar-refractivity contribution in [2.75, 3.05) is 5.88 Å². The Kier molecular flexibility index (Phi) is 5.71. The maximum atomic E-state index is 13.3. The van der Waals surface area contributed by atoms with Gasteiger partial charge < -0.3 is 5.32 Å². The molecule has 0 fully saturated rings. The first-order chi connectivity index (χ1) is 8.06. The molecule has 0 saturated carbocycles. The van der Waals surface area contributed by atoms with E-state index in [1.807, 2.05) is 6.07 Å². The Labute approximate surface area is 112 Å². The van der Waals surface area contributed by atoms with Crippen molar-refractivity contribution in [1.82, 2.24) is 5.32 Å². The van der Waals surface area contributed by atoms with Crippen molar-refractivity contribution in [3.63, 3.8) is 0 Å². The molecule has 1 aromatic carbocycles. The summed E-state index contributed by atoms with van der Waals surface area (Å²) in [5.41, 5.74) is 0.806. The molecule has 0 aromatic heterocycles. The predicted molar refractivity (Wildman–Crippen MR) is 72.3 cm³/mol. The van der Waals surface area contributed by atoms with Crippen LogP contribution in [0.15, 0.2) is 18.2 Å². The van der Waals surface area contributed by atoms with Crippen LogP contribution in [0.5, 0.6) is 0 Å². The first-order valence-corrected chi connectivity index (χ1v) is 6.73. The molecule has 1 aromatic rings. The Balaban J connectivity index is 2.68. The normalized spacial score (nSPS) is 11.8. The van der Waals surface area contributed by atoms with Crippen LogP contribution in [0.3, 0.4) is 0 Å². The summed E-state index contributed by atoms with van der Waals surface area (Å²) in [5, 5.41) is 3.56. The lowest BCUT2D eigenvalue weighted by Crippen LogP contribution is -2.45. The summed E-state index contributed by atoms with van der Waals surface area (Å²) < 4.78 is 13.3. The number of alkyl halides is 1. The van der Waals surface area contributed by atoms with Crippen molar-refractivity contribution in [2.24, 2.45) is 0 Å². The molecular formula is C13H18Cl2FN. The Morgan fingerprint density at radius 1 is 1.29 bits per heavy atom. The maximum Gasteiger partial charge on any atom is 0.142 e. The van der Waals surface area contributed by atoms with Gasteiger partial charge in [-0.25, -0.2) is 4.39 Å². The Morgan fingerprint density at radius 2 is 1.94 bits per heavy atom. The second-order valence-corrected chi connectivity index (χ2v) is 4.90. The number of nitrogens with one attached hydrogen (secondary N) is 1. The SMILES string of the molecule is CCC(CC)(CCl)NCc1ccc(Cl)c(F)c1. The van der Waals surface area contributed by atoms with Crippen LogP contribution in [0, 0.1) is 5.82 Å². The van der Waals surface area contributed by atoms with E-state index >= 15 is 0 Å². The molecular weight excluding hydrogens is 260 g/mol. The second-order valence-electron chi connectivity index (χ2n) is 4.22. The summed E-state index contributed by atoms with van der Waals surface area (Å²) in [6.45, 7) is 4.80. The van der Waals surface area contributed by atoms with E-state index in [-0.39, 0.29) is 16.4 Å². The van der Waals surface area contributed by atoms with Crippen molar-refractivity contribution < 1.29 is 4.39 Å². The predicted octanol–water partition coefficient (Wildman–Crippen LogP) is 4.37. The fraction of sp³-hybridized carbons (Fsp3) is 0.538. The second kappa shape index (κ2) is 6.58. The summed E-state index contributed by atoms with van der Waals surface area (Å²) in [6.07, 6.45) is 1.89. The quantitative estimate of drug-likeness (QED) is 0.762. The van der Waals surface area contributed by atoms with Crippen LogP contribution in [-0.2, 0) is 6.54 Å². The van der Waals surface area contributed by atoms with E-state index < -0.39 is 0 Å². The molecule has 0 unspecified atom stereocenters. The third kappa shape index (κ3) is 3.84. The van der Waals surface area contributed by atoms with Gasteiger partial charge in [0.1, 0.15) is 5.82 Å². The zero-order valence-electron chi connectivity index (χ0n) is 10.2. The first-order valence-electron chi connectivity index (χ1n) is 5.82. The van der Waals surface area contributed by atoms with Crippen LogP contribution in [0.1, 0.15) is 32.3 Å². The zero-order valence-corrected chi connectivity index (χ0v) is 11.7. The summed E-state index contributed by atoms with van der Waals surface area (Å²) in [4.78, 5) is 0. The standard InChI is InChI=1S/C13H18Cl2FN/c1-3-13(4-2,9-14)17-8-10-5-6-11(15)12(16)7-10/h5-7,17H,3-4,8-9H2,1-2H3. The minimum Gasteiger partial charge on any atom is -0.306 e. The average Bonchev–Trinajstić information content (AvgIpc) is 2.36. The van der Waals surface area contributed by atoms with Gasteiger partial charge in [-0.2, -0.15) is 0 Å². The van der Waals surface area contributed by atoms with Gasteiger partial charge in [-0.05, 0) is 30.5 Å². The molecule has 4 heteroatoms. The van der Waals surface area contributed by atoms with Gasteiger partial charge in [0.2, 0.25) is 0 Å². The fourth-order valence-electron chi connectivity index (χ4n) is 1.68. The van der Waals surface area contributed by atoms with Crippen LogP contribution < -0.4 is 5.32 Å². The van der Waals surface area contributed by atoms with Gasteiger partial charge in [0, 0.05) is 18.0 Å². The average molecular weight is 278 g/mol. The number of rotatable bonds is 6. The van der Waals surface area contributed by atoms with E-state index in [4.69, 9.17) is 23.2 Å². The molecule has 1 nitrogen and oxygen atoms in total. The highest BCUT2D eigenvalue weighted by Crippen LogP contribution is 2.19. The molecule has 0 amide bonds. The van der Waals surface area contributed by atoms with E-state index in [9.17, 15) is 4.39 Å². The van der Waals surface area contributed by atoms with E-state index in [0.29, 0.717) is 12.4 Å². The van der Waals surface area contributed by atoms with Crippen LogP contribution in [0.4, 0.5) is 4.39 Å². The van der Waals surface area contributed by atoms with E-state index in [2.05, 4.69) is 19.2 Å². The monoisotopic (exact) mass is 277 g/mol. The van der Waals surface area contributed by atoms with Crippen LogP contribution >= 0.6 is 23.2 Å². The summed E-state index contributed by atoms with van der Waals surface area (Å²) >= 11 is 11.6. The van der Waals surface area contributed by atoms with Crippen molar-refractivity contribution in [3.05, 3.63) is 34.6 Å². The molecule has 0 aliphatic heterocycles. The van der Waals surface area contributed by atoms with Crippen LogP contribution in [-0.4, -0.2) is 11.4 Å². The Hall–Kier alpha value is -0.310. The smallest absolute Gasteiger partial charge is 0.142 e. The Morgan fingerprint density at radius 3 is 2.41 bits per heavy atom. The summed E-state index contributed by atoms with van der Waals surface area (Å²) in [6, 6.07) is 4.86. The number of halogens is 3. The molecule has 0 aliphatic rings. The number of hydrogen-bond acceptors (Lipinski definition) is 1. The summed E-state index contributed by atoms with van der Waals surface area (Å²) in [7, 11) is 0. The van der Waals surface area contributed by atoms with Gasteiger partial charge in [0.15, 0.2) is 0 Å². The van der Waals surface area contributed by atoms with E-state index in [1.54, 1.807) is 6.07 Å². The van der Waals surface area contributed by atoms with Crippen molar-refractivity contribution in [3.8, 4) is 0 Å². The van der Waals surface area contributed by atoms with Gasteiger partial charge in [-0.3, -0.25) is 0 Å². The molecule has 96 valence electrons. The molecule has 17 heavy (non-hydrogen) atoms. The maximum absolute atomic E-state index is 13.3. The van der Waals surface area contributed by atoms with Gasteiger partial charge in [-0.15, -0.1) is 11.6 Å². The zero-order chi connectivity index (χ0) is 12.9. The molecule has 0 radical (unpaired) electrons. The lowest BCUT2D eigenvalue weighted by molar-refractivity contribution is 0.334.